The molecule has 0 heterocycles. The van der Waals surface area contributed by atoms with Crippen LogP contribution in [0.5, 0.6) is 0 Å². The minimum Gasteiger partial charge on any atom is -0.462 e. The topological polar surface area (TPSA) is 78.9 Å². The fourth-order valence-electron chi connectivity index (χ4n) is 10.7. The van der Waals surface area contributed by atoms with Gasteiger partial charge in [0.2, 0.25) is 0 Å². The van der Waals surface area contributed by atoms with E-state index in [1.54, 1.807) is 0 Å². The van der Waals surface area contributed by atoms with Gasteiger partial charge in [-0.25, -0.2) is 0 Å². The van der Waals surface area contributed by atoms with Crippen molar-refractivity contribution in [3.8, 4) is 0 Å². The van der Waals surface area contributed by atoms with Crippen LogP contribution in [0.15, 0.2) is 24.3 Å². The van der Waals surface area contributed by atoms with E-state index in [1.165, 1.54) is 289 Å². The van der Waals surface area contributed by atoms with Gasteiger partial charge in [0.05, 0.1) is 0 Å². The molecule has 0 amide bonds. The molecule has 0 fully saturated rings. The summed E-state index contributed by atoms with van der Waals surface area (Å²) in [5, 5.41) is 0. The number of esters is 3. The summed E-state index contributed by atoms with van der Waals surface area (Å²) < 4.78 is 17.0. The molecule has 0 aliphatic carbocycles. The quantitative estimate of drug-likeness (QED) is 0.0261. The summed E-state index contributed by atoms with van der Waals surface area (Å²) in [6, 6.07) is 0. The minimum atomic E-state index is -0.775. The number of unbranched alkanes of at least 4 members (excludes halogenated alkanes) is 50. The second-order valence-corrected chi connectivity index (χ2v) is 23.8. The first-order chi connectivity index (χ1) is 38.0. The Morgan fingerprint density at radius 3 is 0.649 bits per heavy atom. The fourth-order valence-corrected chi connectivity index (χ4v) is 10.7. The lowest BCUT2D eigenvalue weighted by Crippen LogP contribution is -2.30. The van der Waals surface area contributed by atoms with Gasteiger partial charge < -0.3 is 14.2 Å². The van der Waals surface area contributed by atoms with Crippen LogP contribution in [0.4, 0.5) is 0 Å². The predicted octanol–water partition coefficient (Wildman–Crippen LogP) is 23.8. The summed E-state index contributed by atoms with van der Waals surface area (Å²) in [5.41, 5.74) is 0. The van der Waals surface area contributed by atoms with Gasteiger partial charge >= 0.3 is 17.9 Å². The number of hydrogen-bond donors (Lipinski definition) is 0. The highest BCUT2D eigenvalue weighted by atomic mass is 16.6. The Balaban J connectivity index is 4.26. The standard InChI is InChI=1S/C71H134O6/c1-4-7-10-13-16-19-22-25-28-31-33-34-35-36-37-38-39-41-43-46-49-52-55-58-61-64-70(73)76-67-68(66-75-69(72)63-60-57-54-51-48-45-42-30-27-24-21-18-15-12-9-6-3)77-71(74)65-62-59-56-53-50-47-44-40-32-29-26-23-20-17-14-11-8-5-2/h29-30,32,42,68H,4-28,31,33-41,43-67H2,1-3H3/b32-29-,42-30-. The van der Waals surface area contributed by atoms with Crippen LogP contribution in [0.1, 0.15) is 393 Å². The number of allylic oxidation sites excluding steroid dienone is 4. The van der Waals surface area contributed by atoms with Crippen LogP contribution in [0.25, 0.3) is 0 Å². The zero-order valence-corrected chi connectivity index (χ0v) is 52.3. The number of carbonyl (C=O) groups excluding carboxylic acids is 3. The van der Waals surface area contributed by atoms with Gasteiger partial charge in [-0.3, -0.25) is 14.4 Å². The van der Waals surface area contributed by atoms with Gasteiger partial charge in [-0.2, -0.15) is 0 Å². The zero-order chi connectivity index (χ0) is 55.7. The van der Waals surface area contributed by atoms with Crippen LogP contribution in [-0.4, -0.2) is 37.2 Å². The van der Waals surface area contributed by atoms with Gasteiger partial charge in [0.15, 0.2) is 6.10 Å². The molecule has 0 aliphatic heterocycles. The number of carbonyl (C=O) groups is 3. The smallest absolute Gasteiger partial charge is 0.306 e. The Bertz CT molecular complexity index is 1240. The van der Waals surface area contributed by atoms with Crippen LogP contribution in [0.2, 0.25) is 0 Å². The van der Waals surface area contributed by atoms with Gasteiger partial charge in [0.25, 0.3) is 0 Å². The number of hydrogen-bond acceptors (Lipinski definition) is 6. The molecule has 1 unspecified atom stereocenters. The molecule has 0 aromatic heterocycles. The lowest BCUT2D eigenvalue weighted by molar-refractivity contribution is -0.167. The van der Waals surface area contributed by atoms with Crippen molar-refractivity contribution in [1.82, 2.24) is 0 Å². The fraction of sp³-hybridized carbons (Fsp3) is 0.901. The summed E-state index contributed by atoms with van der Waals surface area (Å²) in [6.45, 7) is 6.70. The van der Waals surface area contributed by atoms with Crippen molar-refractivity contribution >= 4 is 17.9 Å². The van der Waals surface area contributed by atoms with E-state index >= 15 is 0 Å². The third kappa shape index (κ3) is 64.6. The average molecular weight is 1080 g/mol. The summed E-state index contributed by atoms with van der Waals surface area (Å²) in [5.74, 6) is -0.853. The van der Waals surface area contributed by atoms with E-state index in [0.29, 0.717) is 19.3 Å². The molecule has 77 heavy (non-hydrogen) atoms. The molecule has 0 rings (SSSR count). The Morgan fingerprint density at radius 1 is 0.247 bits per heavy atom. The maximum absolute atomic E-state index is 12.9. The van der Waals surface area contributed by atoms with Gasteiger partial charge in [0, 0.05) is 19.3 Å². The molecule has 0 saturated carbocycles. The molecular weight excluding hydrogens is 949 g/mol. The van der Waals surface area contributed by atoms with E-state index in [4.69, 9.17) is 14.2 Å². The van der Waals surface area contributed by atoms with Crippen LogP contribution in [0.3, 0.4) is 0 Å². The number of ether oxygens (including phenoxy) is 3. The van der Waals surface area contributed by atoms with Crippen LogP contribution in [-0.2, 0) is 28.6 Å². The first kappa shape index (κ1) is 74.9. The Morgan fingerprint density at radius 2 is 0.429 bits per heavy atom. The van der Waals surface area contributed by atoms with Crippen LogP contribution in [0, 0.1) is 0 Å². The Hall–Kier alpha value is -2.11. The Kier molecular flexibility index (Phi) is 64.6. The third-order valence-electron chi connectivity index (χ3n) is 15.9. The Labute approximate surface area is 481 Å². The molecule has 0 spiro atoms. The molecule has 0 aliphatic rings. The van der Waals surface area contributed by atoms with Crippen molar-refractivity contribution < 1.29 is 28.6 Å². The van der Waals surface area contributed by atoms with E-state index in [-0.39, 0.29) is 31.1 Å². The van der Waals surface area contributed by atoms with Gasteiger partial charge in [0.1, 0.15) is 13.2 Å². The monoisotopic (exact) mass is 1080 g/mol. The summed E-state index contributed by atoms with van der Waals surface area (Å²) in [6.07, 6.45) is 80.6. The highest BCUT2D eigenvalue weighted by molar-refractivity contribution is 5.71. The second-order valence-electron chi connectivity index (χ2n) is 23.8. The van der Waals surface area contributed by atoms with Gasteiger partial charge in [-0.15, -0.1) is 0 Å². The summed E-state index contributed by atoms with van der Waals surface area (Å²) in [7, 11) is 0. The molecule has 0 aromatic rings. The molecule has 1 atom stereocenters. The molecule has 6 heteroatoms. The van der Waals surface area contributed by atoms with E-state index in [0.717, 1.165) is 64.2 Å². The molecule has 6 nitrogen and oxygen atoms in total. The van der Waals surface area contributed by atoms with Crippen molar-refractivity contribution in [2.45, 2.75) is 399 Å². The maximum atomic E-state index is 12.9. The highest BCUT2D eigenvalue weighted by Gasteiger charge is 2.19. The van der Waals surface area contributed by atoms with Gasteiger partial charge in [-0.05, 0) is 70.6 Å². The summed E-state index contributed by atoms with van der Waals surface area (Å²) >= 11 is 0. The second kappa shape index (κ2) is 66.4. The van der Waals surface area contributed by atoms with E-state index in [9.17, 15) is 14.4 Å². The molecule has 0 aromatic carbocycles. The van der Waals surface area contributed by atoms with Crippen molar-refractivity contribution in [3.63, 3.8) is 0 Å². The normalized spacial score (nSPS) is 12.1. The van der Waals surface area contributed by atoms with Gasteiger partial charge in [-0.1, -0.05) is 328 Å². The highest BCUT2D eigenvalue weighted by Crippen LogP contribution is 2.18. The third-order valence-corrected chi connectivity index (χ3v) is 15.9. The van der Waals surface area contributed by atoms with Crippen molar-refractivity contribution in [1.29, 1.82) is 0 Å². The van der Waals surface area contributed by atoms with E-state index in [1.807, 2.05) is 0 Å². The first-order valence-electron chi connectivity index (χ1n) is 34.8. The molecule has 0 N–H and O–H groups in total. The average Bonchev–Trinajstić information content (AvgIpc) is 3.43. The lowest BCUT2D eigenvalue weighted by atomic mass is 10.0. The van der Waals surface area contributed by atoms with Crippen molar-refractivity contribution in [2.24, 2.45) is 0 Å². The predicted molar refractivity (Wildman–Crippen MR) is 335 cm³/mol. The maximum Gasteiger partial charge on any atom is 0.306 e. The molecule has 0 radical (unpaired) electrons. The van der Waals surface area contributed by atoms with Crippen LogP contribution >= 0.6 is 0 Å². The van der Waals surface area contributed by atoms with E-state index in [2.05, 4.69) is 45.1 Å². The van der Waals surface area contributed by atoms with Crippen molar-refractivity contribution in [2.75, 3.05) is 13.2 Å². The first-order valence-corrected chi connectivity index (χ1v) is 34.8. The summed E-state index contributed by atoms with van der Waals surface area (Å²) in [4.78, 5) is 38.4. The molecular formula is C71H134O6. The molecule has 454 valence electrons. The number of rotatable bonds is 65. The molecule has 0 bridgehead atoms. The SMILES string of the molecule is CCCCCCCCC/C=C\CCCCCCCCCC(=O)OC(COC(=O)CCCCCCC/C=C\CCCCCCCCC)COC(=O)CCCCCCCCCCCCCCCCCCCCCCCCCCC. The minimum absolute atomic E-state index is 0.0703. The van der Waals surface area contributed by atoms with Crippen molar-refractivity contribution in [3.05, 3.63) is 24.3 Å². The largest absolute Gasteiger partial charge is 0.462 e. The van der Waals surface area contributed by atoms with Crippen LogP contribution < -0.4 is 0 Å². The molecule has 0 saturated heterocycles. The lowest BCUT2D eigenvalue weighted by Gasteiger charge is -2.18. The van der Waals surface area contributed by atoms with E-state index < -0.39 is 6.10 Å². The zero-order valence-electron chi connectivity index (χ0n) is 52.3.